The average molecular weight is 221 g/mol. The van der Waals surface area contributed by atoms with Gasteiger partial charge in [-0.1, -0.05) is 12.2 Å². The molecule has 0 bridgehead atoms. The number of rotatable bonds is 4. The molecule has 0 saturated heterocycles. The number of anilines is 1. The van der Waals surface area contributed by atoms with Crippen molar-refractivity contribution in [3.8, 4) is 5.75 Å². The van der Waals surface area contributed by atoms with Crippen LogP contribution in [0.15, 0.2) is 24.3 Å². The first kappa shape index (κ1) is 12.1. The molecule has 1 rings (SSSR count). The zero-order valence-corrected chi connectivity index (χ0v) is 9.14. The summed E-state index contributed by atoms with van der Waals surface area (Å²) in [7, 11) is 0. The van der Waals surface area contributed by atoms with Crippen molar-refractivity contribution in [3.63, 3.8) is 0 Å². The Morgan fingerprint density at radius 1 is 1.56 bits per heavy atom. The minimum Gasteiger partial charge on any atom is -0.508 e. The topological polar surface area (TPSA) is 72.5 Å². The van der Waals surface area contributed by atoms with Crippen LogP contribution in [0.2, 0.25) is 0 Å². The van der Waals surface area contributed by atoms with Crippen LogP contribution in [0.1, 0.15) is 18.9 Å². The van der Waals surface area contributed by atoms with Gasteiger partial charge in [-0.2, -0.15) is 0 Å². The first-order chi connectivity index (χ1) is 7.63. The number of carbonyl (C=O) groups excluding carboxylic acids is 1. The molecule has 0 spiro atoms. The van der Waals surface area contributed by atoms with Gasteiger partial charge in [0, 0.05) is 11.8 Å². The van der Waals surface area contributed by atoms with Crippen LogP contribution in [-0.4, -0.2) is 17.7 Å². The van der Waals surface area contributed by atoms with Gasteiger partial charge in [0.1, 0.15) is 5.75 Å². The van der Waals surface area contributed by atoms with E-state index in [1.807, 2.05) is 0 Å². The van der Waals surface area contributed by atoms with Crippen LogP contribution in [0.3, 0.4) is 0 Å². The van der Waals surface area contributed by atoms with Gasteiger partial charge in [0.05, 0.1) is 13.0 Å². The summed E-state index contributed by atoms with van der Waals surface area (Å²) in [6, 6.07) is 4.69. The predicted molar refractivity (Wildman–Crippen MR) is 62.8 cm³/mol. The van der Waals surface area contributed by atoms with Crippen molar-refractivity contribution in [3.05, 3.63) is 29.8 Å². The van der Waals surface area contributed by atoms with E-state index in [9.17, 15) is 4.79 Å². The van der Waals surface area contributed by atoms with Crippen molar-refractivity contribution in [2.24, 2.45) is 0 Å². The van der Waals surface area contributed by atoms with Crippen LogP contribution in [0, 0.1) is 0 Å². The number of hydrogen-bond acceptors (Lipinski definition) is 4. The fourth-order valence-electron chi connectivity index (χ4n) is 1.22. The molecule has 0 saturated carbocycles. The van der Waals surface area contributed by atoms with Gasteiger partial charge in [0.25, 0.3) is 0 Å². The molecule has 1 aromatic rings. The molecule has 0 fully saturated rings. The first-order valence-corrected chi connectivity index (χ1v) is 5.04. The number of ether oxygens (including phenoxy) is 1. The summed E-state index contributed by atoms with van der Waals surface area (Å²) in [5.74, 6) is -0.142. The largest absolute Gasteiger partial charge is 0.508 e. The fraction of sp³-hybridized carbons (Fsp3) is 0.250. The van der Waals surface area contributed by atoms with E-state index in [0.717, 1.165) is 5.56 Å². The fourth-order valence-corrected chi connectivity index (χ4v) is 1.22. The highest BCUT2D eigenvalue weighted by atomic mass is 16.5. The summed E-state index contributed by atoms with van der Waals surface area (Å²) in [5, 5.41) is 9.14. The second-order valence-electron chi connectivity index (χ2n) is 3.22. The molecule has 0 radical (unpaired) electrons. The van der Waals surface area contributed by atoms with E-state index in [1.54, 1.807) is 31.2 Å². The maximum absolute atomic E-state index is 11.0. The molecule has 1 aromatic carbocycles. The number of nitrogens with two attached hydrogens (primary N) is 1. The van der Waals surface area contributed by atoms with E-state index in [0.29, 0.717) is 12.3 Å². The first-order valence-electron chi connectivity index (χ1n) is 5.04. The van der Waals surface area contributed by atoms with Crippen LogP contribution < -0.4 is 5.73 Å². The van der Waals surface area contributed by atoms with Crippen molar-refractivity contribution in [1.29, 1.82) is 0 Å². The molecule has 4 nitrogen and oxygen atoms in total. The van der Waals surface area contributed by atoms with Gasteiger partial charge in [0.15, 0.2) is 0 Å². The normalized spacial score (nSPS) is 10.6. The SMILES string of the molecule is CCOC(=O)CC=Cc1ccc(O)cc1N. The summed E-state index contributed by atoms with van der Waals surface area (Å²) in [5.41, 5.74) is 6.91. The summed E-state index contributed by atoms with van der Waals surface area (Å²) >= 11 is 0. The monoisotopic (exact) mass is 221 g/mol. The minimum absolute atomic E-state index is 0.125. The van der Waals surface area contributed by atoms with Gasteiger partial charge in [-0.15, -0.1) is 0 Å². The van der Waals surface area contributed by atoms with Gasteiger partial charge < -0.3 is 15.6 Å². The molecular weight excluding hydrogens is 206 g/mol. The van der Waals surface area contributed by atoms with Gasteiger partial charge >= 0.3 is 5.97 Å². The molecule has 0 aliphatic rings. The zero-order chi connectivity index (χ0) is 12.0. The summed E-state index contributed by atoms with van der Waals surface area (Å²) < 4.78 is 4.77. The number of carbonyl (C=O) groups is 1. The zero-order valence-electron chi connectivity index (χ0n) is 9.14. The van der Waals surface area contributed by atoms with Crippen LogP contribution in [0.5, 0.6) is 5.75 Å². The highest BCUT2D eigenvalue weighted by Crippen LogP contribution is 2.19. The lowest BCUT2D eigenvalue weighted by molar-refractivity contribution is -0.142. The van der Waals surface area contributed by atoms with Crippen molar-refractivity contribution in [2.75, 3.05) is 12.3 Å². The Bertz CT molecular complexity index is 399. The molecule has 3 N–H and O–H groups in total. The highest BCUT2D eigenvalue weighted by molar-refractivity contribution is 5.74. The van der Waals surface area contributed by atoms with Crippen LogP contribution >= 0.6 is 0 Å². The third-order valence-corrected chi connectivity index (χ3v) is 1.96. The Hall–Kier alpha value is -1.97. The molecule has 0 aliphatic heterocycles. The lowest BCUT2D eigenvalue weighted by Gasteiger charge is -2.01. The Kier molecular flexibility index (Phi) is 4.39. The second-order valence-corrected chi connectivity index (χ2v) is 3.22. The third kappa shape index (κ3) is 3.65. The molecule has 0 heterocycles. The third-order valence-electron chi connectivity index (χ3n) is 1.96. The van der Waals surface area contributed by atoms with E-state index in [2.05, 4.69) is 0 Å². The number of nitrogen functional groups attached to an aromatic ring is 1. The molecule has 0 aliphatic carbocycles. The highest BCUT2D eigenvalue weighted by Gasteiger charge is 1.98. The molecule has 16 heavy (non-hydrogen) atoms. The molecule has 0 aromatic heterocycles. The molecule has 4 heteroatoms. The molecule has 0 atom stereocenters. The van der Waals surface area contributed by atoms with E-state index in [1.165, 1.54) is 6.07 Å². The lowest BCUT2D eigenvalue weighted by atomic mass is 10.1. The Balaban J connectivity index is 2.59. The minimum atomic E-state index is -0.268. The number of aromatic hydroxyl groups is 1. The van der Waals surface area contributed by atoms with Crippen LogP contribution in [-0.2, 0) is 9.53 Å². The maximum atomic E-state index is 11.0. The molecule has 0 unspecified atom stereocenters. The summed E-state index contributed by atoms with van der Waals surface area (Å²) in [6.45, 7) is 2.15. The van der Waals surface area contributed by atoms with E-state index < -0.39 is 0 Å². The average Bonchev–Trinajstić information content (AvgIpc) is 2.22. The lowest BCUT2D eigenvalue weighted by Crippen LogP contribution is -2.01. The standard InChI is InChI=1S/C12H15NO3/c1-2-16-12(15)5-3-4-9-6-7-10(14)8-11(9)13/h3-4,6-8,14H,2,5,13H2,1H3. The van der Waals surface area contributed by atoms with Gasteiger partial charge in [-0.3, -0.25) is 4.79 Å². The van der Waals surface area contributed by atoms with Crippen molar-refractivity contribution >= 4 is 17.7 Å². The van der Waals surface area contributed by atoms with Gasteiger partial charge in [-0.25, -0.2) is 0 Å². The summed E-state index contributed by atoms with van der Waals surface area (Å²) in [6.07, 6.45) is 3.63. The second kappa shape index (κ2) is 5.80. The molecule has 86 valence electrons. The van der Waals surface area contributed by atoms with E-state index in [4.69, 9.17) is 15.6 Å². The molecule has 0 amide bonds. The van der Waals surface area contributed by atoms with E-state index >= 15 is 0 Å². The number of phenolic OH excluding ortho intramolecular Hbond substituents is 1. The predicted octanol–water partition coefficient (Wildman–Crippen LogP) is 1.94. The molecular formula is C12H15NO3. The van der Waals surface area contributed by atoms with E-state index in [-0.39, 0.29) is 18.1 Å². The smallest absolute Gasteiger partial charge is 0.309 e. The van der Waals surface area contributed by atoms with Crippen molar-refractivity contribution < 1.29 is 14.6 Å². The Morgan fingerprint density at radius 2 is 2.31 bits per heavy atom. The number of benzene rings is 1. The van der Waals surface area contributed by atoms with Gasteiger partial charge in [-0.05, 0) is 24.6 Å². The number of esters is 1. The van der Waals surface area contributed by atoms with Crippen molar-refractivity contribution in [2.45, 2.75) is 13.3 Å². The number of phenols is 1. The van der Waals surface area contributed by atoms with Crippen LogP contribution in [0.4, 0.5) is 5.69 Å². The quantitative estimate of drug-likeness (QED) is 0.602. The Morgan fingerprint density at radius 3 is 2.94 bits per heavy atom. The van der Waals surface area contributed by atoms with Crippen LogP contribution in [0.25, 0.3) is 6.08 Å². The van der Waals surface area contributed by atoms with Crippen molar-refractivity contribution in [1.82, 2.24) is 0 Å². The number of hydrogen-bond donors (Lipinski definition) is 2. The maximum Gasteiger partial charge on any atom is 0.309 e. The van der Waals surface area contributed by atoms with Gasteiger partial charge in [0.2, 0.25) is 0 Å². The Labute approximate surface area is 94.3 Å². The summed E-state index contributed by atoms with van der Waals surface area (Å²) in [4.78, 5) is 11.0.